The lowest BCUT2D eigenvalue weighted by atomic mass is 10.2. The summed E-state index contributed by atoms with van der Waals surface area (Å²) in [5.74, 6) is 0.310. The summed E-state index contributed by atoms with van der Waals surface area (Å²) in [7, 11) is -2.89. The Morgan fingerprint density at radius 3 is 2.61 bits per heavy atom. The summed E-state index contributed by atoms with van der Waals surface area (Å²) in [6.45, 7) is 6.34. The van der Waals surface area contributed by atoms with Gasteiger partial charge in [0, 0.05) is 25.2 Å². The predicted molar refractivity (Wildman–Crippen MR) is 74.5 cm³/mol. The first-order valence-electron chi connectivity index (χ1n) is 7.18. The van der Waals surface area contributed by atoms with Crippen molar-refractivity contribution in [3.63, 3.8) is 0 Å². The highest BCUT2D eigenvalue weighted by molar-refractivity contribution is 7.92. The lowest BCUT2D eigenvalue weighted by molar-refractivity contribution is 0.260. The van der Waals surface area contributed by atoms with Crippen molar-refractivity contribution in [3.05, 3.63) is 0 Å². The molecule has 1 atom stereocenters. The van der Waals surface area contributed by atoms with Crippen LogP contribution in [-0.4, -0.2) is 56.0 Å². The molecule has 1 saturated heterocycles. The van der Waals surface area contributed by atoms with Crippen LogP contribution in [0.3, 0.4) is 0 Å². The predicted octanol–water partition coefficient (Wildman–Crippen LogP) is 1.03. The van der Waals surface area contributed by atoms with Gasteiger partial charge in [0.25, 0.3) is 0 Å². The Kier molecular flexibility index (Phi) is 4.67. The van der Waals surface area contributed by atoms with E-state index in [9.17, 15) is 8.42 Å². The van der Waals surface area contributed by atoms with Crippen LogP contribution < -0.4 is 5.32 Å². The smallest absolute Gasteiger partial charge is 0.153 e. The Morgan fingerprint density at radius 2 is 2.00 bits per heavy atom. The Morgan fingerprint density at radius 1 is 1.28 bits per heavy atom. The molecule has 1 N–H and O–H groups in total. The van der Waals surface area contributed by atoms with E-state index in [0.29, 0.717) is 18.3 Å². The summed E-state index contributed by atoms with van der Waals surface area (Å²) < 4.78 is 23.7. The quantitative estimate of drug-likeness (QED) is 0.753. The van der Waals surface area contributed by atoms with E-state index in [2.05, 4.69) is 10.2 Å². The van der Waals surface area contributed by atoms with Gasteiger partial charge in [-0.15, -0.1) is 0 Å². The molecule has 0 aromatic heterocycles. The first-order valence-corrected chi connectivity index (χ1v) is 8.89. The van der Waals surface area contributed by atoms with Gasteiger partial charge in [-0.2, -0.15) is 0 Å². The number of nitrogens with zero attached hydrogens (tertiary/aromatic N) is 1. The molecular weight excluding hydrogens is 248 g/mol. The second-order valence-corrected chi connectivity index (χ2v) is 8.61. The molecule has 2 rings (SSSR count). The Hall–Kier alpha value is -0.130. The van der Waals surface area contributed by atoms with E-state index < -0.39 is 9.84 Å². The third kappa shape index (κ3) is 3.93. The van der Waals surface area contributed by atoms with Crippen LogP contribution in [0.25, 0.3) is 0 Å². The number of sulfone groups is 1. The maximum Gasteiger partial charge on any atom is 0.153 e. The zero-order valence-electron chi connectivity index (χ0n) is 11.6. The number of hydrogen-bond donors (Lipinski definition) is 1. The van der Waals surface area contributed by atoms with Crippen LogP contribution in [0, 0.1) is 0 Å². The molecule has 0 radical (unpaired) electrons. The fourth-order valence-electron chi connectivity index (χ4n) is 2.49. The highest BCUT2D eigenvalue weighted by atomic mass is 32.2. The molecule has 2 aliphatic rings. The van der Waals surface area contributed by atoms with Crippen LogP contribution in [0.2, 0.25) is 0 Å². The van der Waals surface area contributed by atoms with E-state index in [0.717, 1.165) is 19.1 Å². The molecule has 0 aromatic rings. The van der Waals surface area contributed by atoms with Crippen molar-refractivity contribution < 1.29 is 8.42 Å². The molecule has 4 nitrogen and oxygen atoms in total. The van der Waals surface area contributed by atoms with Gasteiger partial charge in [-0.05, 0) is 46.1 Å². The van der Waals surface area contributed by atoms with Gasteiger partial charge in [-0.3, -0.25) is 4.90 Å². The average Bonchev–Trinajstić information content (AvgIpc) is 3.03. The molecule has 1 heterocycles. The molecule has 0 spiro atoms. The van der Waals surface area contributed by atoms with E-state index in [4.69, 9.17) is 0 Å². The van der Waals surface area contributed by atoms with Crippen LogP contribution in [0.1, 0.15) is 39.5 Å². The van der Waals surface area contributed by atoms with Gasteiger partial charge in [-0.25, -0.2) is 8.42 Å². The maximum absolute atomic E-state index is 11.8. The number of nitrogens with one attached hydrogen (secondary N) is 1. The van der Waals surface area contributed by atoms with Crippen molar-refractivity contribution in [2.24, 2.45) is 0 Å². The molecule has 1 unspecified atom stereocenters. The van der Waals surface area contributed by atoms with Crippen LogP contribution >= 0.6 is 0 Å². The summed E-state index contributed by atoms with van der Waals surface area (Å²) in [6, 6.07) is 1.29. The normalized spacial score (nSPS) is 26.1. The Bertz CT molecular complexity index is 363. The van der Waals surface area contributed by atoms with Crippen LogP contribution in [0.5, 0.6) is 0 Å². The molecule has 0 amide bonds. The number of likely N-dealkylation sites (tertiary alicyclic amines) is 1. The van der Waals surface area contributed by atoms with Gasteiger partial charge < -0.3 is 5.32 Å². The zero-order chi connectivity index (χ0) is 13.2. The summed E-state index contributed by atoms with van der Waals surface area (Å²) in [4.78, 5) is 2.36. The molecule has 0 aromatic carbocycles. The highest BCUT2D eigenvalue weighted by Crippen LogP contribution is 2.21. The van der Waals surface area contributed by atoms with Crippen LogP contribution in [0.15, 0.2) is 0 Å². The number of rotatable bonds is 7. The minimum Gasteiger partial charge on any atom is -0.312 e. The molecule has 5 heteroatoms. The molecule has 1 aliphatic heterocycles. The van der Waals surface area contributed by atoms with E-state index in [1.807, 2.05) is 0 Å². The second kappa shape index (κ2) is 5.88. The summed E-state index contributed by atoms with van der Waals surface area (Å²) >= 11 is 0. The Labute approximate surface area is 111 Å². The van der Waals surface area contributed by atoms with Crippen LogP contribution in [0.4, 0.5) is 0 Å². The van der Waals surface area contributed by atoms with Gasteiger partial charge in [0.2, 0.25) is 0 Å². The second-order valence-electron chi connectivity index (χ2n) is 5.93. The lowest BCUT2D eigenvalue weighted by Gasteiger charge is -2.25. The standard InChI is InChI=1S/C13H26N2O2S/c1-11(2)18(16,17)9-8-15-7-3-4-13(15)10-14-12-5-6-12/h11-14H,3-10H2,1-2H3. The fourth-order valence-corrected chi connectivity index (χ4v) is 3.45. The van der Waals surface area contributed by atoms with Crippen molar-refractivity contribution in [2.45, 2.75) is 56.9 Å². The monoisotopic (exact) mass is 274 g/mol. The third-order valence-electron chi connectivity index (χ3n) is 4.10. The maximum atomic E-state index is 11.8. The SMILES string of the molecule is CC(C)S(=O)(=O)CCN1CCCC1CNC1CC1. The van der Waals surface area contributed by atoms with E-state index in [1.165, 1.54) is 25.7 Å². The third-order valence-corrected chi connectivity index (χ3v) is 6.29. The molecule has 0 bridgehead atoms. The summed E-state index contributed by atoms with van der Waals surface area (Å²) in [6.07, 6.45) is 5.04. The van der Waals surface area contributed by atoms with E-state index in [1.54, 1.807) is 13.8 Å². The summed E-state index contributed by atoms with van der Waals surface area (Å²) in [5, 5.41) is 3.31. The minimum atomic E-state index is -2.89. The van der Waals surface area contributed by atoms with E-state index >= 15 is 0 Å². The lowest BCUT2D eigenvalue weighted by Crippen LogP contribution is -2.41. The van der Waals surface area contributed by atoms with Gasteiger partial charge in [-0.1, -0.05) is 0 Å². The van der Waals surface area contributed by atoms with Gasteiger partial charge in [0.1, 0.15) is 0 Å². The molecule has 106 valence electrons. The van der Waals surface area contributed by atoms with Gasteiger partial charge >= 0.3 is 0 Å². The molecule has 1 saturated carbocycles. The fraction of sp³-hybridized carbons (Fsp3) is 1.00. The molecule has 2 fully saturated rings. The van der Waals surface area contributed by atoms with Crippen molar-refractivity contribution in [1.82, 2.24) is 10.2 Å². The number of hydrogen-bond acceptors (Lipinski definition) is 4. The van der Waals surface area contributed by atoms with Gasteiger partial charge in [0.05, 0.1) is 11.0 Å². The van der Waals surface area contributed by atoms with Gasteiger partial charge in [0.15, 0.2) is 9.84 Å². The van der Waals surface area contributed by atoms with Crippen molar-refractivity contribution in [1.29, 1.82) is 0 Å². The molecular formula is C13H26N2O2S. The first kappa shape index (κ1) is 14.3. The van der Waals surface area contributed by atoms with E-state index in [-0.39, 0.29) is 5.25 Å². The first-order chi connectivity index (χ1) is 8.49. The Balaban J connectivity index is 1.76. The van der Waals surface area contributed by atoms with Crippen LogP contribution in [-0.2, 0) is 9.84 Å². The minimum absolute atomic E-state index is 0.247. The summed E-state index contributed by atoms with van der Waals surface area (Å²) in [5.41, 5.74) is 0. The van der Waals surface area contributed by atoms with Crippen molar-refractivity contribution >= 4 is 9.84 Å². The van der Waals surface area contributed by atoms with Crippen molar-refractivity contribution in [3.8, 4) is 0 Å². The zero-order valence-corrected chi connectivity index (χ0v) is 12.4. The molecule has 18 heavy (non-hydrogen) atoms. The topological polar surface area (TPSA) is 49.4 Å². The molecule has 1 aliphatic carbocycles. The average molecular weight is 274 g/mol. The largest absolute Gasteiger partial charge is 0.312 e. The highest BCUT2D eigenvalue weighted by Gasteiger charge is 2.28. The van der Waals surface area contributed by atoms with Crippen molar-refractivity contribution in [2.75, 3.05) is 25.4 Å².